The van der Waals surface area contributed by atoms with Gasteiger partial charge in [-0.3, -0.25) is 4.79 Å². The molecular weight excluding hydrogens is 361 g/mol. The van der Waals surface area contributed by atoms with Crippen LogP contribution in [0.25, 0.3) is 0 Å². The van der Waals surface area contributed by atoms with Crippen molar-refractivity contribution in [3.63, 3.8) is 0 Å². The third-order valence-electron chi connectivity index (χ3n) is 2.92. The number of amides is 1. The first-order chi connectivity index (χ1) is 8.71. The van der Waals surface area contributed by atoms with Crippen LogP contribution in [0.1, 0.15) is 23.2 Å². The predicted octanol–water partition coefficient (Wildman–Crippen LogP) is 2.75. The molecule has 0 spiro atoms. The highest BCUT2D eigenvalue weighted by Gasteiger charge is 2.31. The van der Waals surface area contributed by atoms with Crippen LogP contribution in [0.4, 0.5) is 4.39 Å². The van der Waals surface area contributed by atoms with Gasteiger partial charge in [0.1, 0.15) is 10.7 Å². The summed E-state index contributed by atoms with van der Waals surface area (Å²) in [7, 11) is 2.70. The summed E-state index contributed by atoms with van der Waals surface area (Å²) in [6.45, 7) is 0. The Bertz CT molecular complexity index is 646. The predicted molar refractivity (Wildman–Crippen MR) is 72.3 cm³/mol. The highest BCUT2D eigenvalue weighted by molar-refractivity contribution is 9.10. The van der Waals surface area contributed by atoms with E-state index < -0.39 is 25.7 Å². The van der Waals surface area contributed by atoms with Crippen molar-refractivity contribution in [1.29, 1.82) is 0 Å². The molecule has 4 nitrogen and oxygen atoms in total. The van der Waals surface area contributed by atoms with Crippen LogP contribution in [0.3, 0.4) is 0 Å². The molecule has 104 valence electrons. The summed E-state index contributed by atoms with van der Waals surface area (Å²) in [6, 6.07) is 2.23. The molecule has 0 radical (unpaired) electrons. The molecule has 1 amide bonds. The molecule has 0 N–H and O–H groups in total. The lowest BCUT2D eigenvalue weighted by Gasteiger charge is -2.17. The Labute approximate surface area is 123 Å². The summed E-state index contributed by atoms with van der Waals surface area (Å²) in [5.74, 6) is -1.26. The van der Waals surface area contributed by atoms with E-state index in [4.69, 9.17) is 10.7 Å². The Balaban J connectivity index is 2.47. The fraction of sp³-hybridized carbons (Fsp3) is 0.364. The summed E-state index contributed by atoms with van der Waals surface area (Å²) >= 11 is 2.81. The normalized spacial score (nSPS) is 15.4. The molecule has 1 fully saturated rings. The summed E-state index contributed by atoms with van der Waals surface area (Å²) < 4.78 is 36.1. The smallest absolute Gasteiger partial charge is 0.262 e. The molecule has 1 aromatic rings. The largest absolute Gasteiger partial charge is 0.339 e. The van der Waals surface area contributed by atoms with Crippen LogP contribution in [0.15, 0.2) is 21.5 Å². The van der Waals surface area contributed by atoms with E-state index in [1.807, 2.05) is 0 Å². The van der Waals surface area contributed by atoms with Crippen LogP contribution in [0, 0.1) is 5.82 Å². The molecule has 0 bridgehead atoms. The van der Waals surface area contributed by atoms with Crippen LogP contribution in [-0.2, 0) is 9.05 Å². The molecule has 0 saturated heterocycles. The van der Waals surface area contributed by atoms with Crippen molar-refractivity contribution in [1.82, 2.24) is 4.90 Å². The van der Waals surface area contributed by atoms with Crippen molar-refractivity contribution in [3.8, 4) is 0 Å². The molecule has 0 atom stereocenters. The number of carbonyl (C=O) groups is 1. The second kappa shape index (κ2) is 5.03. The molecule has 19 heavy (non-hydrogen) atoms. The van der Waals surface area contributed by atoms with Gasteiger partial charge in [0.05, 0.1) is 4.47 Å². The molecular formula is C11H10BrClFNO3S. The Hall–Kier alpha value is -0.660. The number of hydrogen-bond acceptors (Lipinski definition) is 3. The average molecular weight is 371 g/mol. The molecule has 1 aliphatic rings. The number of carbonyl (C=O) groups excluding carboxylic acids is 1. The van der Waals surface area contributed by atoms with Gasteiger partial charge in [0.2, 0.25) is 0 Å². The zero-order valence-electron chi connectivity index (χ0n) is 9.86. The Morgan fingerprint density at radius 3 is 2.53 bits per heavy atom. The quantitative estimate of drug-likeness (QED) is 0.769. The van der Waals surface area contributed by atoms with Crippen LogP contribution in [-0.4, -0.2) is 32.3 Å². The SMILES string of the molecule is CN(C(=O)c1cc(F)c(Br)c(S(=O)(=O)Cl)c1)C1CC1. The van der Waals surface area contributed by atoms with E-state index in [9.17, 15) is 17.6 Å². The van der Waals surface area contributed by atoms with Gasteiger partial charge in [-0.15, -0.1) is 0 Å². The third-order valence-corrected chi connectivity index (χ3v) is 5.33. The zero-order valence-corrected chi connectivity index (χ0v) is 13.0. The second-order valence-corrected chi connectivity index (χ2v) is 7.68. The van der Waals surface area contributed by atoms with Gasteiger partial charge in [-0.05, 0) is 40.9 Å². The Morgan fingerprint density at radius 2 is 2.05 bits per heavy atom. The molecule has 0 heterocycles. The summed E-state index contributed by atoms with van der Waals surface area (Å²) in [6.07, 6.45) is 1.81. The standard InChI is InChI=1S/C11H10BrClFNO3S/c1-15(7-2-3-7)11(16)6-4-8(14)10(12)9(5-6)19(13,17)18/h4-5,7H,2-3H2,1H3. The summed E-state index contributed by atoms with van der Waals surface area (Å²) in [5, 5.41) is 0. The minimum Gasteiger partial charge on any atom is -0.339 e. The fourth-order valence-corrected chi connectivity index (χ4v) is 3.79. The van der Waals surface area contributed by atoms with Crippen LogP contribution < -0.4 is 0 Å². The third kappa shape index (κ3) is 3.09. The minimum absolute atomic E-state index is 0.0330. The first-order valence-corrected chi connectivity index (χ1v) is 8.53. The minimum atomic E-state index is -4.13. The van der Waals surface area contributed by atoms with Crippen LogP contribution in [0.2, 0.25) is 0 Å². The van der Waals surface area contributed by atoms with Crippen LogP contribution >= 0.6 is 26.6 Å². The number of nitrogens with zero attached hydrogens (tertiary/aromatic N) is 1. The lowest BCUT2D eigenvalue weighted by molar-refractivity contribution is 0.0784. The molecule has 1 aromatic carbocycles. The average Bonchev–Trinajstić information content (AvgIpc) is 3.13. The van der Waals surface area contributed by atoms with Crippen molar-refractivity contribution >= 4 is 41.6 Å². The Kier molecular flexibility index (Phi) is 3.90. The molecule has 8 heteroatoms. The van der Waals surface area contributed by atoms with Crippen molar-refractivity contribution in [2.24, 2.45) is 0 Å². The lowest BCUT2D eigenvalue weighted by Crippen LogP contribution is -2.29. The topological polar surface area (TPSA) is 54.5 Å². The van der Waals surface area contributed by atoms with Gasteiger partial charge >= 0.3 is 0 Å². The molecule has 0 unspecified atom stereocenters. The first kappa shape index (κ1) is 14.7. The van der Waals surface area contributed by atoms with Gasteiger partial charge in [0, 0.05) is 29.3 Å². The van der Waals surface area contributed by atoms with Gasteiger partial charge in [0.15, 0.2) is 0 Å². The Morgan fingerprint density at radius 1 is 1.47 bits per heavy atom. The maximum atomic E-state index is 13.7. The number of hydrogen-bond donors (Lipinski definition) is 0. The fourth-order valence-electron chi connectivity index (χ4n) is 1.70. The van der Waals surface area contributed by atoms with Crippen molar-refractivity contribution in [3.05, 3.63) is 28.0 Å². The van der Waals surface area contributed by atoms with Gasteiger partial charge < -0.3 is 4.90 Å². The van der Waals surface area contributed by atoms with Gasteiger partial charge in [-0.2, -0.15) is 0 Å². The van der Waals surface area contributed by atoms with Crippen molar-refractivity contribution < 1.29 is 17.6 Å². The van der Waals surface area contributed by atoms with Gasteiger partial charge in [0.25, 0.3) is 15.0 Å². The lowest BCUT2D eigenvalue weighted by atomic mass is 10.2. The maximum absolute atomic E-state index is 13.7. The highest BCUT2D eigenvalue weighted by atomic mass is 79.9. The molecule has 0 aromatic heterocycles. The molecule has 1 aliphatic carbocycles. The number of halogens is 3. The van der Waals surface area contributed by atoms with Crippen LogP contribution in [0.5, 0.6) is 0 Å². The number of rotatable bonds is 3. The summed E-state index contributed by atoms with van der Waals surface area (Å²) in [4.78, 5) is 13.1. The zero-order chi connectivity index (χ0) is 14.4. The van der Waals surface area contributed by atoms with E-state index in [-0.39, 0.29) is 16.1 Å². The van der Waals surface area contributed by atoms with E-state index >= 15 is 0 Å². The second-order valence-electron chi connectivity index (χ2n) is 4.36. The highest BCUT2D eigenvalue weighted by Crippen LogP contribution is 2.31. The van der Waals surface area contributed by atoms with E-state index in [2.05, 4.69) is 15.9 Å². The molecule has 2 rings (SSSR count). The van der Waals surface area contributed by atoms with E-state index in [1.165, 1.54) is 4.90 Å². The number of benzene rings is 1. The van der Waals surface area contributed by atoms with E-state index in [0.717, 1.165) is 25.0 Å². The van der Waals surface area contributed by atoms with Gasteiger partial charge in [-0.25, -0.2) is 12.8 Å². The van der Waals surface area contributed by atoms with Gasteiger partial charge in [-0.1, -0.05) is 0 Å². The van der Waals surface area contributed by atoms with Crippen molar-refractivity contribution in [2.45, 2.75) is 23.8 Å². The van der Waals surface area contributed by atoms with E-state index in [1.54, 1.807) is 7.05 Å². The molecule has 1 saturated carbocycles. The van der Waals surface area contributed by atoms with E-state index in [0.29, 0.717) is 0 Å². The van der Waals surface area contributed by atoms with Crippen molar-refractivity contribution in [2.75, 3.05) is 7.05 Å². The summed E-state index contributed by atoms with van der Waals surface area (Å²) in [5.41, 5.74) is -0.0330. The molecule has 0 aliphatic heterocycles. The monoisotopic (exact) mass is 369 g/mol. The maximum Gasteiger partial charge on any atom is 0.262 e. The first-order valence-electron chi connectivity index (χ1n) is 5.42.